The summed E-state index contributed by atoms with van der Waals surface area (Å²) in [6.07, 6.45) is 3.02. The largest absolute Gasteiger partial charge is 0.379 e. The molecule has 18 heavy (non-hydrogen) atoms. The molecule has 1 aliphatic rings. The molecular weight excluding hydrogens is 301 g/mol. The molecule has 1 aromatic carbocycles. The van der Waals surface area contributed by atoms with E-state index in [9.17, 15) is 9.18 Å². The lowest BCUT2D eigenvalue weighted by Crippen LogP contribution is -2.40. The molecule has 1 amide bonds. The van der Waals surface area contributed by atoms with Crippen LogP contribution in [0.4, 0.5) is 4.39 Å². The van der Waals surface area contributed by atoms with E-state index >= 15 is 0 Å². The second-order valence-electron chi connectivity index (χ2n) is 4.41. The molecule has 1 saturated carbocycles. The van der Waals surface area contributed by atoms with E-state index in [1.54, 1.807) is 7.11 Å². The molecule has 2 unspecified atom stereocenters. The number of rotatable bonds is 3. The highest BCUT2D eigenvalue weighted by Crippen LogP contribution is 2.22. The first-order valence-corrected chi connectivity index (χ1v) is 6.70. The lowest BCUT2D eigenvalue weighted by molar-refractivity contribution is 0.0722. The third kappa shape index (κ3) is 2.90. The highest BCUT2D eigenvalue weighted by atomic mass is 79.9. The maximum absolute atomic E-state index is 13.1. The number of carbonyl (C=O) groups is 1. The van der Waals surface area contributed by atoms with Gasteiger partial charge in [-0.1, -0.05) is 0 Å². The topological polar surface area (TPSA) is 38.3 Å². The van der Waals surface area contributed by atoms with Crippen molar-refractivity contribution in [2.75, 3.05) is 7.11 Å². The van der Waals surface area contributed by atoms with Crippen LogP contribution in [-0.4, -0.2) is 25.2 Å². The minimum Gasteiger partial charge on any atom is -0.379 e. The summed E-state index contributed by atoms with van der Waals surface area (Å²) in [5.74, 6) is -0.563. The first kappa shape index (κ1) is 13.5. The van der Waals surface area contributed by atoms with Crippen LogP contribution in [0, 0.1) is 5.82 Å². The van der Waals surface area contributed by atoms with Crippen molar-refractivity contribution in [3.63, 3.8) is 0 Å². The molecule has 2 atom stereocenters. The van der Waals surface area contributed by atoms with Gasteiger partial charge in [-0.05, 0) is 53.4 Å². The zero-order valence-corrected chi connectivity index (χ0v) is 11.7. The van der Waals surface area contributed by atoms with Crippen LogP contribution in [0.25, 0.3) is 0 Å². The van der Waals surface area contributed by atoms with Crippen LogP contribution in [0.2, 0.25) is 0 Å². The van der Waals surface area contributed by atoms with E-state index in [-0.39, 0.29) is 23.9 Å². The van der Waals surface area contributed by atoms with Crippen molar-refractivity contribution in [3.05, 3.63) is 34.1 Å². The third-order valence-corrected chi connectivity index (χ3v) is 3.86. The molecule has 0 spiro atoms. The second kappa shape index (κ2) is 5.80. The fourth-order valence-electron chi connectivity index (χ4n) is 2.26. The normalized spacial score (nSPS) is 23.1. The van der Waals surface area contributed by atoms with Gasteiger partial charge in [-0.15, -0.1) is 0 Å². The average Bonchev–Trinajstić information content (AvgIpc) is 2.79. The lowest BCUT2D eigenvalue weighted by atomic mass is 10.1. The Morgan fingerprint density at radius 3 is 2.94 bits per heavy atom. The number of hydrogen-bond donors (Lipinski definition) is 1. The monoisotopic (exact) mass is 315 g/mol. The number of carbonyl (C=O) groups excluding carboxylic acids is 1. The molecule has 1 aliphatic carbocycles. The Morgan fingerprint density at radius 1 is 1.50 bits per heavy atom. The fraction of sp³-hybridized carbons (Fsp3) is 0.462. The van der Waals surface area contributed by atoms with Crippen LogP contribution in [0.1, 0.15) is 29.6 Å². The van der Waals surface area contributed by atoms with Crippen molar-refractivity contribution >= 4 is 21.8 Å². The average molecular weight is 316 g/mol. The Labute approximate surface area is 114 Å². The summed E-state index contributed by atoms with van der Waals surface area (Å²) in [7, 11) is 1.66. The fourth-order valence-corrected chi connectivity index (χ4v) is 2.64. The van der Waals surface area contributed by atoms with Crippen molar-refractivity contribution in [3.8, 4) is 0 Å². The lowest BCUT2D eigenvalue weighted by Gasteiger charge is -2.19. The Hall–Kier alpha value is -0.940. The van der Waals surface area contributed by atoms with Crippen LogP contribution >= 0.6 is 15.9 Å². The van der Waals surface area contributed by atoms with Crippen molar-refractivity contribution in [1.82, 2.24) is 5.32 Å². The highest BCUT2D eigenvalue weighted by molar-refractivity contribution is 9.10. The number of benzene rings is 1. The van der Waals surface area contributed by atoms with Crippen LogP contribution in [0.5, 0.6) is 0 Å². The van der Waals surface area contributed by atoms with Gasteiger partial charge in [0.25, 0.3) is 5.91 Å². The Kier molecular flexibility index (Phi) is 4.35. The molecule has 5 heteroatoms. The van der Waals surface area contributed by atoms with Gasteiger partial charge in [-0.25, -0.2) is 4.39 Å². The molecule has 1 N–H and O–H groups in total. The SMILES string of the molecule is COC1CCCC1NC(=O)c1ccc(F)c(Br)c1. The van der Waals surface area contributed by atoms with Gasteiger partial charge < -0.3 is 10.1 Å². The minimum absolute atomic E-state index is 0.0475. The minimum atomic E-state index is -0.373. The second-order valence-corrected chi connectivity index (χ2v) is 5.27. The predicted molar refractivity (Wildman–Crippen MR) is 70.0 cm³/mol. The van der Waals surface area contributed by atoms with Gasteiger partial charge in [0.2, 0.25) is 0 Å². The third-order valence-electron chi connectivity index (χ3n) is 3.25. The molecule has 0 radical (unpaired) electrons. The van der Waals surface area contributed by atoms with Crippen molar-refractivity contribution in [2.45, 2.75) is 31.4 Å². The van der Waals surface area contributed by atoms with E-state index < -0.39 is 0 Å². The Morgan fingerprint density at radius 2 is 2.28 bits per heavy atom. The van der Waals surface area contributed by atoms with E-state index in [0.717, 1.165) is 19.3 Å². The van der Waals surface area contributed by atoms with Gasteiger partial charge in [0.15, 0.2) is 0 Å². The predicted octanol–water partition coefficient (Wildman–Crippen LogP) is 2.89. The Bertz CT molecular complexity index is 453. The molecule has 0 aliphatic heterocycles. The van der Waals surface area contributed by atoms with Gasteiger partial charge in [0, 0.05) is 12.7 Å². The standard InChI is InChI=1S/C13H15BrFNO2/c1-18-12-4-2-3-11(12)16-13(17)8-5-6-10(15)9(14)7-8/h5-7,11-12H,2-4H2,1H3,(H,16,17). The zero-order chi connectivity index (χ0) is 13.1. The molecule has 0 heterocycles. The number of nitrogens with one attached hydrogen (secondary N) is 1. The smallest absolute Gasteiger partial charge is 0.251 e. The quantitative estimate of drug-likeness (QED) is 0.931. The molecule has 0 saturated heterocycles. The first-order chi connectivity index (χ1) is 8.61. The molecule has 2 rings (SSSR count). The van der Waals surface area contributed by atoms with E-state index in [1.165, 1.54) is 18.2 Å². The van der Waals surface area contributed by atoms with Crippen LogP contribution < -0.4 is 5.32 Å². The summed E-state index contributed by atoms with van der Waals surface area (Å²) in [6.45, 7) is 0. The number of halogens is 2. The summed E-state index contributed by atoms with van der Waals surface area (Å²) in [5.41, 5.74) is 0.449. The Balaban J connectivity index is 2.05. The van der Waals surface area contributed by atoms with Crippen LogP contribution in [0.15, 0.2) is 22.7 Å². The molecule has 98 valence electrons. The molecule has 0 aromatic heterocycles. The van der Waals surface area contributed by atoms with E-state index in [2.05, 4.69) is 21.2 Å². The molecule has 1 aromatic rings. The van der Waals surface area contributed by atoms with Crippen molar-refractivity contribution < 1.29 is 13.9 Å². The molecule has 0 bridgehead atoms. The number of hydrogen-bond acceptors (Lipinski definition) is 2. The summed E-state index contributed by atoms with van der Waals surface area (Å²) in [5, 5.41) is 2.94. The van der Waals surface area contributed by atoms with Gasteiger partial charge in [-0.3, -0.25) is 4.79 Å². The summed E-state index contributed by atoms with van der Waals surface area (Å²) >= 11 is 3.07. The maximum Gasteiger partial charge on any atom is 0.251 e. The highest BCUT2D eigenvalue weighted by Gasteiger charge is 2.28. The first-order valence-electron chi connectivity index (χ1n) is 5.90. The van der Waals surface area contributed by atoms with Gasteiger partial charge in [0.1, 0.15) is 5.82 Å². The summed E-state index contributed by atoms with van der Waals surface area (Å²) < 4.78 is 18.7. The number of ether oxygens (including phenoxy) is 1. The van der Waals surface area contributed by atoms with Gasteiger partial charge in [-0.2, -0.15) is 0 Å². The summed E-state index contributed by atoms with van der Waals surface area (Å²) in [6, 6.07) is 4.29. The molecular formula is C13H15BrFNO2. The van der Waals surface area contributed by atoms with Gasteiger partial charge >= 0.3 is 0 Å². The maximum atomic E-state index is 13.1. The number of methoxy groups -OCH3 is 1. The van der Waals surface area contributed by atoms with E-state index in [0.29, 0.717) is 10.0 Å². The van der Waals surface area contributed by atoms with Crippen molar-refractivity contribution in [1.29, 1.82) is 0 Å². The van der Waals surface area contributed by atoms with Gasteiger partial charge in [0.05, 0.1) is 16.6 Å². The zero-order valence-electron chi connectivity index (χ0n) is 10.1. The van der Waals surface area contributed by atoms with Crippen LogP contribution in [-0.2, 0) is 4.74 Å². The molecule has 3 nitrogen and oxygen atoms in total. The van der Waals surface area contributed by atoms with Crippen molar-refractivity contribution in [2.24, 2.45) is 0 Å². The molecule has 1 fully saturated rings. The van der Waals surface area contributed by atoms with E-state index in [1.807, 2.05) is 0 Å². The van der Waals surface area contributed by atoms with E-state index in [4.69, 9.17) is 4.74 Å². The number of amides is 1. The van der Waals surface area contributed by atoms with Crippen LogP contribution in [0.3, 0.4) is 0 Å². The summed E-state index contributed by atoms with van der Waals surface area (Å²) in [4.78, 5) is 12.0.